The van der Waals surface area contributed by atoms with Crippen LogP contribution in [0.4, 0.5) is 5.69 Å². The van der Waals surface area contributed by atoms with E-state index in [4.69, 9.17) is 14.9 Å². The number of nitrogen functional groups attached to an aromatic ring is 1. The van der Waals surface area contributed by atoms with Crippen molar-refractivity contribution in [2.45, 2.75) is 6.92 Å². The molecule has 0 aliphatic carbocycles. The zero-order chi connectivity index (χ0) is 11.7. The summed E-state index contributed by atoms with van der Waals surface area (Å²) in [5.41, 5.74) is 6.70. The van der Waals surface area contributed by atoms with Crippen LogP contribution < -0.4 is 5.73 Å². The molecule has 0 spiro atoms. The Kier molecular flexibility index (Phi) is 2.87. The van der Waals surface area contributed by atoms with Gasteiger partial charge in [0, 0.05) is 5.39 Å². The van der Waals surface area contributed by atoms with E-state index in [0.717, 1.165) is 4.47 Å². The third-order valence-corrected chi connectivity index (χ3v) is 2.79. The lowest BCUT2D eigenvalue weighted by atomic mass is 10.2. The number of hydrogen-bond acceptors (Lipinski definition) is 4. The molecule has 1 aromatic heterocycles. The fraction of sp³-hybridized carbons (Fsp3) is 0.182. The first-order chi connectivity index (χ1) is 7.65. The molecular formula is C11H10BrNO3. The quantitative estimate of drug-likeness (QED) is 0.861. The third kappa shape index (κ3) is 1.67. The monoisotopic (exact) mass is 283 g/mol. The van der Waals surface area contributed by atoms with Crippen LogP contribution in [-0.2, 0) is 4.74 Å². The lowest BCUT2D eigenvalue weighted by Crippen LogP contribution is -2.05. The Hall–Kier alpha value is -1.49. The Morgan fingerprint density at radius 1 is 1.56 bits per heavy atom. The lowest BCUT2D eigenvalue weighted by Gasteiger charge is -1.97. The highest BCUT2D eigenvalue weighted by atomic mass is 79.9. The van der Waals surface area contributed by atoms with Gasteiger partial charge >= 0.3 is 5.97 Å². The normalized spacial score (nSPS) is 10.6. The van der Waals surface area contributed by atoms with Gasteiger partial charge in [0.1, 0.15) is 0 Å². The molecule has 1 aromatic carbocycles. The number of anilines is 1. The van der Waals surface area contributed by atoms with Gasteiger partial charge in [-0.15, -0.1) is 0 Å². The second-order valence-corrected chi connectivity index (χ2v) is 4.04. The van der Waals surface area contributed by atoms with Crippen LogP contribution in [0.2, 0.25) is 0 Å². The summed E-state index contributed by atoms with van der Waals surface area (Å²) in [5.74, 6) is -0.480. The average Bonchev–Trinajstić information content (AvgIpc) is 2.59. The largest absolute Gasteiger partial charge is 0.460 e. The number of para-hydroxylation sites is 1. The maximum absolute atomic E-state index is 11.5. The number of rotatable bonds is 2. The van der Waals surface area contributed by atoms with Gasteiger partial charge in [-0.2, -0.15) is 0 Å². The average molecular weight is 284 g/mol. The van der Waals surface area contributed by atoms with Crippen LogP contribution in [-0.4, -0.2) is 12.6 Å². The van der Waals surface area contributed by atoms with Crippen LogP contribution in [0, 0.1) is 0 Å². The smallest absolute Gasteiger partial charge is 0.376 e. The van der Waals surface area contributed by atoms with Crippen molar-refractivity contribution in [3.8, 4) is 0 Å². The molecule has 0 aliphatic heterocycles. The topological polar surface area (TPSA) is 65.5 Å². The molecule has 2 aromatic rings. The lowest BCUT2D eigenvalue weighted by molar-refractivity contribution is 0.0494. The second-order valence-electron chi connectivity index (χ2n) is 3.18. The van der Waals surface area contributed by atoms with Crippen LogP contribution in [0.3, 0.4) is 0 Å². The Bertz CT molecular complexity index is 547. The molecule has 84 valence electrons. The number of esters is 1. The maximum Gasteiger partial charge on any atom is 0.376 e. The minimum Gasteiger partial charge on any atom is -0.460 e. The summed E-state index contributed by atoms with van der Waals surface area (Å²) in [6.45, 7) is 2.02. The highest BCUT2D eigenvalue weighted by Crippen LogP contribution is 2.33. The third-order valence-electron chi connectivity index (χ3n) is 2.17. The molecule has 1 heterocycles. The number of hydrogen-bond donors (Lipinski definition) is 1. The van der Waals surface area contributed by atoms with Gasteiger partial charge in [-0.1, -0.05) is 6.07 Å². The van der Waals surface area contributed by atoms with Crippen molar-refractivity contribution in [3.63, 3.8) is 0 Å². The molecule has 0 unspecified atom stereocenters. The molecule has 0 radical (unpaired) electrons. The summed E-state index contributed by atoms with van der Waals surface area (Å²) < 4.78 is 11.0. The van der Waals surface area contributed by atoms with Crippen molar-refractivity contribution in [1.82, 2.24) is 0 Å². The van der Waals surface area contributed by atoms with Crippen molar-refractivity contribution in [1.29, 1.82) is 0 Å². The number of carbonyl (C=O) groups excluding carboxylic acids is 1. The molecular weight excluding hydrogens is 274 g/mol. The molecule has 0 saturated carbocycles. The van der Waals surface area contributed by atoms with E-state index >= 15 is 0 Å². The second kappa shape index (κ2) is 4.17. The van der Waals surface area contributed by atoms with Gasteiger partial charge in [0.2, 0.25) is 5.76 Å². The van der Waals surface area contributed by atoms with Gasteiger partial charge in [0.05, 0.1) is 16.8 Å². The highest BCUT2D eigenvalue weighted by Gasteiger charge is 2.20. The summed E-state index contributed by atoms with van der Waals surface area (Å²) in [6.07, 6.45) is 0. The van der Waals surface area contributed by atoms with E-state index in [2.05, 4.69) is 15.9 Å². The SMILES string of the molecule is CCOC(=O)c1oc2c(Br)cccc2c1N. The molecule has 4 nitrogen and oxygen atoms in total. The Balaban J connectivity index is 2.60. The number of benzene rings is 1. The molecule has 0 fully saturated rings. The zero-order valence-corrected chi connectivity index (χ0v) is 10.2. The number of furan rings is 1. The molecule has 5 heteroatoms. The minimum absolute atomic E-state index is 0.0590. The summed E-state index contributed by atoms with van der Waals surface area (Å²) in [5, 5.41) is 0.706. The van der Waals surface area contributed by atoms with Crippen molar-refractivity contribution < 1.29 is 13.9 Å². The van der Waals surface area contributed by atoms with Crippen molar-refractivity contribution in [2.75, 3.05) is 12.3 Å². The predicted molar refractivity (Wildman–Crippen MR) is 64.3 cm³/mol. The van der Waals surface area contributed by atoms with Crippen molar-refractivity contribution >= 4 is 38.6 Å². The van der Waals surface area contributed by atoms with Gasteiger partial charge in [-0.05, 0) is 35.0 Å². The van der Waals surface area contributed by atoms with Gasteiger partial charge in [0.15, 0.2) is 5.58 Å². The first-order valence-corrected chi connectivity index (χ1v) is 5.58. The van der Waals surface area contributed by atoms with Crippen LogP contribution in [0.25, 0.3) is 11.0 Å². The number of halogens is 1. The van der Waals surface area contributed by atoms with Crippen LogP contribution in [0.1, 0.15) is 17.5 Å². The summed E-state index contributed by atoms with van der Waals surface area (Å²) in [6, 6.07) is 5.44. The Morgan fingerprint density at radius 2 is 2.31 bits per heavy atom. The molecule has 0 saturated heterocycles. The molecule has 0 bridgehead atoms. The zero-order valence-electron chi connectivity index (χ0n) is 8.62. The Labute approximate surface area is 100 Å². The molecule has 0 atom stereocenters. The highest BCUT2D eigenvalue weighted by molar-refractivity contribution is 9.10. The summed E-state index contributed by atoms with van der Waals surface area (Å²) in [7, 11) is 0. The van der Waals surface area contributed by atoms with E-state index in [1.165, 1.54) is 0 Å². The maximum atomic E-state index is 11.5. The summed E-state index contributed by atoms with van der Waals surface area (Å²) in [4.78, 5) is 11.5. The fourth-order valence-corrected chi connectivity index (χ4v) is 1.90. The molecule has 2 N–H and O–H groups in total. The first kappa shape index (κ1) is 11.0. The van der Waals surface area contributed by atoms with E-state index in [0.29, 0.717) is 16.7 Å². The number of carbonyl (C=O) groups is 1. The van der Waals surface area contributed by atoms with Crippen LogP contribution in [0.5, 0.6) is 0 Å². The fourth-order valence-electron chi connectivity index (χ4n) is 1.45. The molecule has 0 amide bonds. The standard InChI is InChI=1S/C11H10BrNO3/c1-2-15-11(14)10-8(13)6-4-3-5-7(12)9(6)16-10/h3-5H,2,13H2,1H3. The Morgan fingerprint density at radius 3 is 2.94 bits per heavy atom. The van der Waals surface area contributed by atoms with Crippen LogP contribution >= 0.6 is 15.9 Å². The number of fused-ring (bicyclic) bond motifs is 1. The van der Waals surface area contributed by atoms with E-state index < -0.39 is 5.97 Å². The van der Waals surface area contributed by atoms with E-state index in [1.54, 1.807) is 13.0 Å². The van der Waals surface area contributed by atoms with Crippen molar-refractivity contribution in [3.05, 3.63) is 28.4 Å². The van der Waals surface area contributed by atoms with Gasteiger partial charge in [0.25, 0.3) is 0 Å². The first-order valence-electron chi connectivity index (χ1n) is 4.78. The predicted octanol–water partition coefficient (Wildman–Crippen LogP) is 2.95. The van der Waals surface area contributed by atoms with Crippen LogP contribution in [0.15, 0.2) is 27.1 Å². The van der Waals surface area contributed by atoms with Gasteiger partial charge in [-0.3, -0.25) is 0 Å². The van der Waals surface area contributed by atoms with E-state index in [9.17, 15) is 4.79 Å². The van der Waals surface area contributed by atoms with Gasteiger partial charge < -0.3 is 14.9 Å². The molecule has 2 rings (SSSR count). The minimum atomic E-state index is -0.539. The van der Waals surface area contributed by atoms with Gasteiger partial charge in [-0.25, -0.2) is 4.79 Å². The molecule has 16 heavy (non-hydrogen) atoms. The number of nitrogens with two attached hydrogens (primary N) is 1. The molecule has 0 aliphatic rings. The number of ether oxygens (including phenoxy) is 1. The van der Waals surface area contributed by atoms with E-state index in [1.807, 2.05) is 12.1 Å². The van der Waals surface area contributed by atoms with Crippen molar-refractivity contribution in [2.24, 2.45) is 0 Å². The van der Waals surface area contributed by atoms with E-state index in [-0.39, 0.29) is 12.4 Å². The summed E-state index contributed by atoms with van der Waals surface area (Å²) >= 11 is 3.33.